The zero-order valence-electron chi connectivity index (χ0n) is 20.2. The highest BCUT2D eigenvalue weighted by Crippen LogP contribution is 2.43. The molecule has 0 radical (unpaired) electrons. The molecule has 1 saturated heterocycles. The van der Waals surface area contributed by atoms with Crippen LogP contribution in [0.4, 0.5) is 24.8 Å². The topological polar surface area (TPSA) is 76.4 Å². The van der Waals surface area contributed by atoms with Gasteiger partial charge in [-0.2, -0.15) is 13.2 Å². The minimum atomic E-state index is -4.41. The first-order valence-electron chi connectivity index (χ1n) is 11.6. The fraction of sp³-hybridized carbons (Fsp3) is 0.462. The summed E-state index contributed by atoms with van der Waals surface area (Å²) in [6, 6.07) is 10.6. The van der Waals surface area contributed by atoms with Crippen LogP contribution in [0.15, 0.2) is 42.5 Å². The van der Waals surface area contributed by atoms with E-state index in [-0.39, 0.29) is 23.7 Å². The molecule has 1 aromatic heterocycles. The largest absolute Gasteiger partial charge is 0.481 e. The fourth-order valence-electron chi connectivity index (χ4n) is 5.10. The summed E-state index contributed by atoms with van der Waals surface area (Å²) in [5.74, 6) is -0.347. The highest BCUT2D eigenvalue weighted by atomic mass is 19.4. The Morgan fingerprint density at radius 1 is 1.11 bits per heavy atom. The smallest absolute Gasteiger partial charge is 0.416 e. The molecule has 0 atom stereocenters. The lowest BCUT2D eigenvalue weighted by Gasteiger charge is -2.46. The molecule has 35 heavy (non-hydrogen) atoms. The third kappa shape index (κ3) is 5.78. The van der Waals surface area contributed by atoms with Crippen LogP contribution >= 0.6 is 0 Å². The Bertz CT molecular complexity index is 1210. The number of nitrogens with zero attached hydrogens (tertiary/aromatic N) is 2. The first kappa shape index (κ1) is 25.0. The summed E-state index contributed by atoms with van der Waals surface area (Å²) in [5, 5.41) is 12.2. The molecule has 188 valence electrons. The number of carboxylic acid groups (broad SMARTS) is 1. The van der Waals surface area contributed by atoms with Crippen molar-refractivity contribution in [1.29, 1.82) is 0 Å². The Kier molecular flexibility index (Phi) is 6.34. The maximum absolute atomic E-state index is 13.0. The van der Waals surface area contributed by atoms with Crippen LogP contribution in [0.5, 0.6) is 0 Å². The molecule has 3 aromatic rings. The summed E-state index contributed by atoms with van der Waals surface area (Å²) < 4.78 is 47.4. The molecule has 4 rings (SSSR count). The fourth-order valence-corrected chi connectivity index (χ4v) is 5.10. The maximum atomic E-state index is 13.0. The van der Waals surface area contributed by atoms with E-state index in [1.54, 1.807) is 0 Å². The Morgan fingerprint density at radius 3 is 2.31 bits per heavy atom. The number of aryl methyl sites for hydroxylation is 1. The number of benzene rings is 2. The van der Waals surface area contributed by atoms with Crippen LogP contribution in [-0.4, -0.2) is 31.8 Å². The van der Waals surface area contributed by atoms with Gasteiger partial charge in [0, 0.05) is 18.2 Å². The van der Waals surface area contributed by atoms with Gasteiger partial charge in [-0.15, -0.1) is 0 Å². The number of ether oxygens (including phenoxy) is 1. The molecule has 2 heterocycles. The molecule has 0 bridgehead atoms. The van der Waals surface area contributed by atoms with Gasteiger partial charge in [-0.25, -0.2) is 4.98 Å². The summed E-state index contributed by atoms with van der Waals surface area (Å²) in [5.41, 5.74) is 1.45. The van der Waals surface area contributed by atoms with Gasteiger partial charge in [-0.1, -0.05) is 6.07 Å². The number of rotatable bonds is 6. The summed E-state index contributed by atoms with van der Waals surface area (Å²) >= 11 is 0. The van der Waals surface area contributed by atoms with Crippen LogP contribution in [-0.2, 0) is 22.1 Å². The van der Waals surface area contributed by atoms with Gasteiger partial charge in [-0.3, -0.25) is 4.79 Å². The van der Waals surface area contributed by atoms with E-state index < -0.39 is 17.7 Å². The lowest BCUT2D eigenvalue weighted by atomic mass is 9.85. The highest BCUT2D eigenvalue weighted by Gasteiger charge is 2.41. The van der Waals surface area contributed by atoms with Gasteiger partial charge in [-0.05, 0) is 88.9 Å². The lowest BCUT2D eigenvalue weighted by molar-refractivity contribution is -0.168. The number of aliphatic carboxylic acids is 1. The van der Waals surface area contributed by atoms with Crippen LogP contribution in [0.25, 0.3) is 11.0 Å². The van der Waals surface area contributed by atoms with E-state index in [2.05, 4.69) is 9.88 Å². The number of hydrogen-bond donors (Lipinski definition) is 2. The van der Waals surface area contributed by atoms with Crippen molar-refractivity contribution in [2.75, 3.05) is 5.32 Å². The molecule has 1 aliphatic heterocycles. The Hall–Kier alpha value is -3.07. The number of alkyl halides is 3. The first-order valence-corrected chi connectivity index (χ1v) is 11.6. The molecule has 9 heteroatoms. The average Bonchev–Trinajstić information content (AvgIpc) is 3.06. The number of aromatic nitrogens is 2. The Morgan fingerprint density at radius 2 is 1.74 bits per heavy atom. The monoisotopic (exact) mass is 489 g/mol. The predicted octanol–water partition coefficient (Wildman–Crippen LogP) is 6.72. The van der Waals surface area contributed by atoms with Crippen molar-refractivity contribution in [3.8, 4) is 0 Å². The van der Waals surface area contributed by atoms with E-state index in [9.17, 15) is 18.0 Å². The number of imidazole rings is 1. The number of hydrogen-bond acceptors (Lipinski definition) is 4. The summed E-state index contributed by atoms with van der Waals surface area (Å²) in [6.45, 7) is 8.19. The third-order valence-electron chi connectivity index (χ3n) is 6.22. The zero-order valence-corrected chi connectivity index (χ0v) is 20.2. The molecule has 1 aliphatic rings. The molecule has 2 N–H and O–H groups in total. The van der Waals surface area contributed by atoms with Crippen LogP contribution in [0.1, 0.15) is 64.1 Å². The van der Waals surface area contributed by atoms with Gasteiger partial charge in [0.15, 0.2) is 0 Å². The second-order valence-corrected chi connectivity index (χ2v) is 10.4. The van der Waals surface area contributed by atoms with Gasteiger partial charge in [0.2, 0.25) is 5.95 Å². The molecular weight excluding hydrogens is 459 g/mol. The van der Waals surface area contributed by atoms with Gasteiger partial charge in [0.1, 0.15) is 0 Å². The second-order valence-electron chi connectivity index (χ2n) is 10.4. The molecule has 6 nitrogen and oxygen atoms in total. The van der Waals surface area contributed by atoms with E-state index in [1.807, 2.05) is 45.9 Å². The number of halogens is 3. The normalized spacial score (nSPS) is 18.0. The van der Waals surface area contributed by atoms with Crippen molar-refractivity contribution in [2.45, 2.75) is 76.8 Å². The molecule has 0 aliphatic carbocycles. The van der Waals surface area contributed by atoms with E-state index in [1.165, 1.54) is 12.1 Å². The quantitative estimate of drug-likeness (QED) is 0.402. The summed E-state index contributed by atoms with van der Waals surface area (Å²) in [7, 11) is 0. The number of fused-ring (bicyclic) bond motifs is 1. The van der Waals surface area contributed by atoms with Crippen molar-refractivity contribution < 1.29 is 27.8 Å². The minimum Gasteiger partial charge on any atom is -0.481 e. The molecule has 0 unspecified atom stereocenters. The molecular formula is C26H30F3N3O3. The predicted molar refractivity (Wildman–Crippen MR) is 128 cm³/mol. The van der Waals surface area contributed by atoms with Crippen LogP contribution in [0.2, 0.25) is 0 Å². The first-order chi connectivity index (χ1) is 16.2. The van der Waals surface area contributed by atoms with Gasteiger partial charge in [0.05, 0.1) is 27.8 Å². The number of carbonyl (C=O) groups is 1. The minimum absolute atomic E-state index is 0.0191. The molecule has 0 spiro atoms. The maximum Gasteiger partial charge on any atom is 0.416 e. The SMILES string of the molecule is CC1(C)CC(n2c(Nc3ccc(C(F)(F)F)cc3)nc3cc(CCC(=O)O)ccc32)CC(C)(C)O1. The third-order valence-corrected chi connectivity index (χ3v) is 6.22. The average molecular weight is 490 g/mol. The summed E-state index contributed by atoms with van der Waals surface area (Å²) in [4.78, 5) is 15.8. The van der Waals surface area contributed by atoms with Gasteiger partial charge >= 0.3 is 12.1 Å². The van der Waals surface area contributed by atoms with Crippen LogP contribution in [0, 0.1) is 0 Å². The van der Waals surface area contributed by atoms with Crippen molar-refractivity contribution in [3.05, 3.63) is 53.6 Å². The molecule has 0 saturated carbocycles. The second kappa shape index (κ2) is 8.86. The number of carboxylic acids is 1. The standard InChI is InChI=1S/C26H30F3N3O3/c1-24(2)14-19(15-25(3,4)35-24)32-21-11-5-16(6-12-22(33)34)13-20(21)31-23(32)30-18-9-7-17(8-10-18)26(27,28)29/h5,7-11,13,19H,6,12,14-15H2,1-4H3,(H,30,31)(H,33,34). The lowest BCUT2D eigenvalue weighted by Crippen LogP contribution is -2.45. The van der Waals surface area contributed by atoms with Crippen molar-refractivity contribution in [2.24, 2.45) is 0 Å². The van der Waals surface area contributed by atoms with Crippen molar-refractivity contribution in [1.82, 2.24) is 9.55 Å². The van der Waals surface area contributed by atoms with Crippen molar-refractivity contribution in [3.63, 3.8) is 0 Å². The summed E-state index contributed by atoms with van der Waals surface area (Å²) in [6.07, 6.45) is -2.55. The van der Waals surface area contributed by atoms with E-state index in [0.29, 0.717) is 23.6 Å². The van der Waals surface area contributed by atoms with E-state index in [4.69, 9.17) is 14.8 Å². The molecule has 2 aromatic carbocycles. The molecule has 1 fully saturated rings. The van der Waals surface area contributed by atoms with Crippen LogP contribution in [0.3, 0.4) is 0 Å². The van der Waals surface area contributed by atoms with E-state index in [0.717, 1.165) is 36.1 Å². The highest BCUT2D eigenvalue weighted by molar-refractivity contribution is 5.81. The zero-order chi connectivity index (χ0) is 25.6. The van der Waals surface area contributed by atoms with Crippen molar-refractivity contribution >= 4 is 28.6 Å². The van der Waals surface area contributed by atoms with Crippen LogP contribution < -0.4 is 5.32 Å². The Balaban J connectivity index is 1.76. The molecule has 0 amide bonds. The number of nitrogens with one attached hydrogen (secondary N) is 1. The van der Waals surface area contributed by atoms with Gasteiger partial charge < -0.3 is 19.7 Å². The van der Waals surface area contributed by atoms with E-state index >= 15 is 0 Å². The number of anilines is 2. The van der Waals surface area contributed by atoms with Gasteiger partial charge in [0.25, 0.3) is 0 Å². The Labute approximate surface area is 202 Å².